The van der Waals surface area contributed by atoms with Crippen LogP contribution >= 0.6 is 0 Å². The zero-order valence-electron chi connectivity index (χ0n) is 14.0. The third kappa shape index (κ3) is 2.78. The van der Waals surface area contributed by atoms with E-state index in [-0.39, 0.29) is 0 Å². The third-order valence-corrected chi connectivity index (χ3v) is 3.68. The fraction of sp³-hybridized carbons (Fsp3) is 0.312. The Morgan fingerprint density at radius 1 is 1.04 bits per heavy atom. The minimum atomic E-state index is 0.523. The van der Waals surface area contributed by atoms with Gasteiger partial charge in [0, 0.05) is 18.9 Å². The molecule has 0 aliphatic carbocycles. The molecule has 3 aromatic rings. The maximum Gasteiger partial charge on any atom is 0.203 e. The van der Waals surface area contributed by atoms with Crippen LogP contribution < -0.4 is 19.5 Å². The Labute approximate surface area is 139 Å². The second-order valence-electron chi connectivity index (χ2n) is 5.10. The number of rotatable bonds is 6. The number of methoxy groups -OCH3 is 3. The van der Waals surface area contributed by atoms with Gasteiger partial charge in [0.25, 0.3) is 0 Å². The lowest BCUT2D eigenvalue weighted by molar-refractivity contribution is 0.324. The topological polar surface area (TPSA) is 82.8 Å². The van der Waals surface area contributed by atoms with E-state index in [1.54, 1.807) is 27.5 Å². The van der Waals surface area contributed by atoms with Crippen molar-refractivity contribution in [3.63, 3.8) is 0 Å². The lowest BCUT2D eigenvalue weighted by Gasteiger charge is -2.14. The molecule has 0 unspecified atom stereocenters. The second kappa shape index (κ2) is 6.61. The Morgan fingerprint density at radius 3 is 2.38 bits per heavy atom. The summed E-state index contributed by atoms with van der Waals surface area (Å²) in [5.74, 6) is 3.25. The molecule has 0 amide bonds. The minimum absolute atomic E-state index is 0.523. The molecule has 8 nitrogen and oxygen atoms in total. The highest BCUT2D eigenvalue weighted by atomic mass is 16.5. The maximum atomic E-state index is 5.37. The molecule has 0 bridgehead atoms. The molecule has 0 saturated carbocycles. The van der Waals surface area contributed by atoms with Crippen molar-refractivity contribution in [2.24, 2.45) is 0 Å². The van der Waals surface area contributed by atoms with Crippen LogP contribution in [0, 0.1) is 6.92 Å². The van der Waals surface area contributed by atoms with E-state index in [1.807, 2.05) is 29.7 Å². The molecule has 0 aliphatic rings. The number of ether oxygens (including phenoxy) is 3. The monoisotopic (exact) mass is 329 g/mol. The molecule has 1 aromatic carbocycles. The van der Waals surface area contributed by atoms with Gasteiger partial charge in [-0.1, -0.05) is 0 Å². The van der Waals surface area contributed by atoms with Crippen molar-refractivity contribution in [3.8, 4) is 17.2 Å². The van der Waals surface area contributed by atoms with Crippen molar-refractivity contribution in [1.82, 2.24) is 19.6 Å². The van der Waals surface area contributed by atoms with Crippen molar-refractivity contribution >= 4 is 11.5 Å². The quantitative estimate of drug-likeness (QED) is 0.741. The van der Waals surface area contributed by atoms with Crippen LogP contribution in [0.4, 0.5) is 5.82 Å². The first-order chi connectivity index (χ1) is 11.7. The Morgan fingerprint density at radius 2 is 1.75 bits per heavy atom. The van der Waals surface area contributed by atoms with Gasteiger partial charge < -0.3 is 19.5 Å². The molecule has 24 heavy (non-hydrogen) atoms. The summed E-state index contributed by atoms with van der Waals surface area (Å²) in [5, 5.41) is 11.5. The van der Waals surface area contributed by atoms with Gasteiger partial charge in [0.2, 0.25) is 11.4 Å². The van der Waals surface area contributed by atoms with Gasteiger partial charge >= 0.3 is 0 Å². The Bertz CT molecular complexity index is 837. The third-order valence-electron chi connectivity index (χ3n) is 3.68. The lowest BCUT2D eigenvalue weighted by Crippen LogP contribution is -2.05. The highest BCUT2D eigenvalue weighted by Gasteiger charge is 2.14. The van der Waals surface area contributed by atoms with Crippen molar-refractivity contribution in [2.45, 2.75) is 13.5 Å². The number of nitrogens with zero attached hydrogens (tertiary/aromatic N) is 4. The molecular formula is C16H19N5O3. The summed E-state index contributed by atoms with van der Waals surface area (Å²) in [4.78, 5) is 4.33. The molecule has 2 heterocycles. The van der Waals surface area contributed by atoms with Crippen LogP contribution in [-0.4, -0.2) is 40.9 Å². The van der Waals surface area contributed by atoms with Crippen LogP contribution in [0.1, 0.15) is 11.4 Å². The summed E-state index contributed by atoms with van der Waals surface area (Å²) >= 11 is 0. The smallest absolute Gasteiger partial charge is 0.203 e. The van der Waals surface area contributed by atoms with Gasteiger partial charge in [-0.05, 0) is 24.6 Å². The zero-order valence-corrected chi connectivity index (χ0v) is 14.0. The molecular weight excluding hydrogens is 310 g/mol. The van der Waals surface area contributed by atoms with Crippen LogP contribution in [0.15, 0.2) is 24.5 Å². The Balaban J connectivity index is 1.88. The first kappa shape index (κ1) is 15.9. The Kier molecular flexibility index (Phi) is 4.37. The summed E-state index contributed by atoms with van der Waals surface area (Å²) in [5.41, 5.74) is 1.65. The highest BCUT2D eigenvalue weighted by Crippen LogP contribution is 2.38. The SMILES string of the molecule is COc1cc(CNc2nccn3c(C)nnc23)cc(OC)c1OC. The summed E-state index contributed by atoms with van der Waals surface area (Å²) in [6.45, 7) is 2.41. The molecule has 0 saturated heterocycles. The van der Waals surface area contributed by atoms with Crippen LogP contribution in [0.5, 0.6) is 17.2 Å². The van der Waals surface area contributed by atoms with Crippen molar-refractivity contribution in [1.29, 1.82) is 0 Å². The molecule has 0 aliphatic heterocycles. The zero-order chi connectivity index (χ0) is 17.1. The molecule has 0 radical (unpaired) electrons. The average Bonchev–Trinajstić information content (AvgIpc) is 3.00. The van der Waals surface area contributed by atoms with E-state index >= 15 is 0 Å². The van der Waals surface area contributed by atoms with Crippen molar-refractivity contribution in [2.75, 3.05) is 26.6 Å². The van der Waals surface area contributed by atoms with Gasteiger partial charge in [0.05, 0.1) is 21.3 Å². The van der Waals surface area contributed by atoms with E-state index in [4.69, 9.17) is 14.2 Å². The molecule has 3 rings (SSSR count). The van der Waals surface area contributed by atoms with Gasteiger partial charge in [0.1, 0.15) is 5.82 Å². The number of benzene rings is 1. The Hall–Kier alpha value is -3.03. The van der Waals surface area contributed by atoms with Gasteiger partial charge in [0.15, 0.2) is 17.3 Å². The molecule has 1 N–H and O–H groups in total. The first-order valence-corrected chi connectivity index (χ1v) is 7.37. The summed E-state index contributed by atoms with van der Waals surface area (Å²) in [6, 6.07) is 3.78. The number of nitrogens with one attached hydrogen (secondary N) is 1. The standard InChI is InChI=1S/C16H19N5O3/c1-10-19-20-16-15(17-5-6-21(10)16)18-9-11-7-12(22-2)14(24-4)13(8-11)23-3/h5-8H,9H2,1-4H3,(H,17,18). The predicted octanol–water partition coefficient (Wildman–Crippen LogP) is 2.07. The number of aromatic nitrogens is 4. The van der Waals surface area contributed by atoms with Gasteiger partial charge in [-0.25, -0.2) is 4.98 Å². The normalized spacial score (nSPS) is 10.7. The second-order valence-corrected chi connectivity index (χ2v) is 5.10. The number of hydrogen-bond donors (Lipinski definition) is 1. The molecule has 2 aromatic heterocycles. The van der Waals surface area contributed by atoms with E-state index in [0.29, 0.717) is 35.3 Å². The summed E-state index contributed by atoms with van der Waals surface area (Å²) in [6.07, 6.45) is 3.54. The summed E-state index contributed by atoms with van der Waals surface area (Å²) < 4.78 is 18.0. The maximum absolute atomic E-state index is 5.37. The number of anilines is 1. The van der Waals surface area contributed by atoms with Crippen LogP contribution in [-0.2, 0) is 6.54 Å². The molecule has 0 atom stereocenters. The van der Waals surface area contributed by atoms with E-state index in [1.165, 1.54) is 0 Å². The van der Waals surface area contributed by atoms with Crippen molar-refractivity contribution < 1.29 is 14.2 Å². The fourth-order valence-electron chi connectivity index (χ4n) is 2.49. The number of aryl methyl sites for hydroxylation is 1. The van der Waals surface area contributed by atoms with E-state index in [2.05, 4.69) is 20.5 Å². The largest absolute Gasteiger partial charge is 0.493 e. The molecule has 8 heteroatoms. The average molecular weight is 329 g/mol. The number of fused-ring (bicyclic) bond motifs is 1. The van der Waals surface area contributed by atoms with Gasteiger partial charge in [-0.3, -0.25) is 4.40 Å². The molecule has 126 valence electrons. The van der Waals surface area contributed by atoms with Crippen LogP contribution in [0.3, 0.4) is 0 Å². The lowest BCUT2D eigenvalue weighted by atomic mass is 10.2. The number of hydrogen-bond acceptors (Lipinski definition) is 7. The first-order valence-electron chi connectivity index (χ1n) is 7.37. The predicted molar refractivity (Wildman–Crippen MR) is 88.9 cm³/mol. The van der Waals surface area contributed by atoms with Crippen LogP contribution in [0.2, 0.25) is 0 Å². The van der Waals surface area contributed by atoms with E-state index in [9.17, 15) is 0 Å². The van der Waals surface area contributed by atoms with E-state index in [0.717, 1.165) is 11.4 Å². The molecule has 0 fully saturated rings. The minimum Gasteiger partial charge on any atom is -0.493 e. The van der Waals surface area contributed by atoms with E-state index < -0.39 is 0 Å². The van der Waals surface area contributed by atoms with Gasteiger partial charge in [-0.15, -0.1) is 10.2 Å². The summed E-state index contributed by atoms with van der Waals surface area (Å²) in [7, 11) is 4.77. The van der Waals surface area contributed by atoms with Crippen molar-refractivity contribution in [3.05, 3.63) is 35.9 Å². The fourth-order valence-corrected chi connectivity index (χ4v) is 2.49. The van der Waals surface area contributed by atoms with Gasteiger partial charge in [-0.2, -0.15) is 0 Å². The van der Waals surface area contributed by atoms with Crippen LogP contribution in [0.25, 0.3) is 5.65 Å². The molecule has 0 spiro atoms. The highest BCUT2D eigenvalue weighted by molar-refractivity contribution is 5.62.